The summed E-state index contributed by atoms with van der Waals surface area (Å²) in [6.07, 6.45) is 1.05. The van der Waals surface area contributed by atoms with E-state index in [0.29, 0.717) is 24.4 Å². The number of nitrogens with one attached hydrogen (secondary N) is 1. The van der Waals surface area contributed by atoms with E-state index in [4.69, 9.17) is 16.3 Å². The largest absolute Gasteiger partial charge is 0.497 e. The van der Waals surface area contributed by atoms with Gasteiger partial charge in [-0.3, -0.25) is 4.79 Å². The smallest absolute Gasteiger partial charge is 0.220 e. The zero-order chi connectivity index (χ0) is 18.2. The first kappa shape index (κ1) is 19.3. The average molecular weight is 361 g/mol. The van der Waals surface area contributed by atoms with Crippen LogP contribution in [-0.2, 0) is 11.2 Å². The van der Waals surface area contributed by atoms with Crippen LogP contribution in [0.5, 0.6) is 5.75 Å². The summed E-state index contributed by atoms with van der Waals surface area (Å²) in [5, 5.41) is 3.73. The van der Waals surface area contributed by atoms with Gasteiger partial charge >= 0.3 is 0 Å². The molecule has 0 heterocycles. The first-order valence-corrected chi connectivity index (χ1v) is 8.69. The predicted molar refractivity (Wildman–Crippen MR) is 102 cm³/mol. The Hall–Kier alpha value is -2.04. The van der Waals surface area contributed by atoms with E-state index >= 15 is 0 Å². The Kier molecular flexibility index (Phi) is 7.29. The Morgan fingerprint density at radius 2 is 1.96 bits per heavy atom. The number of benzene rings is 2. The van der Waals surface area contributed by atoms with Crippen molar-refractivity contribution in [3.05, 3.63) is 64.7 Å². The van der Waals surface area contributed by atoms with Crippen molar-refractivity contribution in [2.75, 3.05) is 27.7 Å². The first-order chi connectivity index (χ1) is 12.0. The normalized spacial score (nSPS) is 12.0. The number of hydrogen-bond acceptors (Lipinski definition) is 3. The van der Waals surface area contributed by atoms with Gasteiger partial charge in [-0.2, -0.15) is 0 Å². The second-order valence-corrected chi connectivity index (χ2v) is 6.56. The molecule has 5 heteroatoms. The number of amides is 1. The maximum atomic E-state index is 12.2. The summed E-state index contributed by atoms with van der Waals surface area (Å²) in [6, 6.07) is 15.6. The molecule has 0 aliphatic carbocycles. The molecule has 4 nitrogen and oxygen atoms in total. The number of carbonyl (C=O) groups excluding carboxylic acids is 1. The minimum absolute atomic E-state index is 0.0228. The summed E-state index contributed by atoms with van der Waals surface area (Å²) in [5.41, 5.74) is 2.10. The maximum Gasteiger partial charge on any atom is 0.220 e. The van der Waals surface area contributed by atoms with Crippen LogP contribution >= 0.6 is 11.6 Å². The van der Waals surface area contributed by atoms with Gasteiger partial charge in [0.1, 0.15) is 5.75 Å². The molecule has 0 saturated carbocycles. The molecule has 0 aromatic heterocycles. The number of likely N-dealkylation sites (N-methyl/N-ethyl adjacent to an activating group) is 1. The fraction of sp³-hybridized carbons (Fsp3) is 0.350. The van der Waals surface area contributed by atoms with Crippen molar-refractivity contribution in [2.45, 2.75) is 18.9 Å². The molecule has 2 aromatic rings. The summed E-state index contributed by atoms with van der Waals surface area (Å²) in [6.45, 7) is 0.543. The average Bonchev–Trinajstić information content (AvgIpc) is 2.61. The number of nitrogens with zero attached hydrogens (tertiary/aromatic N) is 1. The molecule has 1 N–H and O–H groups in total. The van der Waals surface area contributed by atoms with E-state index < -0.39 is 0 Å². The lowest BCUT2D eigenvalue weighted by Crippen LogP contribution is -2.34. The molecule has 134 valence electrons. The van der Waals surface area contributed by atoms with Gasteiger partial charge in [0.2, 0.25) is 5.91 Å². The van der Waals surface area contributed by atoms with Gasteiger partial charge in [-0.15, -0.1) is 0 Å². The second-order valence-electron chi connectivity index (χ2n) is 6.15. The fourth-order valence-electron chi connectivity index (χ4n) is 2.70. The van der Waals surface area contributed by atoms with E-state index in [-0.39, 0.29) is 11.9 Å². The van der Waals surface area contributed by atoms with Gasteiger partial charge in [-0.25, -0.2) is 0 Å². The van der Waals surface area contributed by atoms with Gasteiger partial charge < -0.3 is 15.0 Å². The summed E-state index contributed by atoms with van der Waals surface area (Å²) < 4.78 is 5.29. The van der Waals surface area contributed by atoms with Crippen molar-refractivity contribution in [3.63, 3.8) is 0 Å². The zero-order valence-electron chi connectivity index (χ0n) is 15.0. The van der Waals surface area contributed by atoms with Crippen molar-refractivity contribution in [1.29, 1.82) is 0 Å². The van der Waals surface area contributed by atoms with Crippen LogP contribution in [0.15, 0.2) is 48.5 Å². The summed E-state index contributed by atoms with van der Waals surface area (Å²) >= 11 is 6.14. The molecule has 0 aliphatic heterocycles. The molecule has 0 radical (unpaired) electrons. The lowest BCUT2D eigenvalue weighted by molar-refractivity contribution is -0.121. The lowest BCUT2D eigenvalue weighted by atomic mass is 10.1. The van der Waals surface area contributed by atoms with Gasteiger partial charge in [0.15, 0.2) is 0 Å². The Balaban J connectivity index is 1.92. The lowest BCUT2D eigenvalue weighted by Gasteiger charge is -2.25. The van der Waals surface area contributed by atoms with Gasteiger partial charge in [0, 0.05) is 18.0 Å². The van der Waals surface area contributed by atoms with Crippen LogP contribution in [-0.4, -0.2) is 38.6 Å². The number of rotatable bonds is 8. The minimum Gasteiger partial charge on any atom is -0.497 e. The van der Waals surface area contributed by atoms with Gasteiger partial charge in [0.25, 0.3) is 0 Å². The highest BCUT2D eigenvalue weighted by atomic mass is 35.5. The zero-order valence-corrected chi connectivity index (χ0v) is 15.7. The highest BCUT2D eigenvalue weighted by Gasteiger charge is 2.16. The van der Waals surface area contributed by atoms with Crippen molar-refractivity contribution < 1.29 is 9.53 Å². The molecular formula is C20H25ClN2O2. The quantitative estimate of drug-likeness (QED) is 0.780. The molecule has 0 aliphatic rings. The highest BCUT2D eigenvalue weighted by molar-refractivity contribution is 6.31. The van der Waals surface area contributed by atoms with Crippen LogP contribution in [0.2, 0.25) is 5.02 Å². The Labute approximate surface area is 154 Å². The second kappa shape index (κ2) is 9.44. The van der Waals surface area contributed by atoms with E-state index in [2.05, 4.69) is 10.2 Å². The SMILES string of the molecule is COc1cccc(C(CNC(=O)CCc2ccccc2Cl)N(C)C)c1. The van der Waals surface area contributed by atoms with Crippen LogP contribution in [0.4, 0.5) is 0 Å². The number of methoxy groups -OCH3 is 1. The number of halogens is 1. The topological polar surface area (TPSA) is 41.6 Å². The molecule has 0 bridgehead atoms. The summed E-state index contributed by atoms with van der Waals surface area (Å²) in [4.78, 5) is 14.3. The third kappa shape index (κ3) is 5.76. The molecule has 0 spiro atoms. The van der Waals surface area contributed by atoms with E-state index in [1.807, 2.05) is 62.6 Å². The van der Waals surface area contributed by atoms with E-state index in [0.717, 1.165) is 16.9 Å². The maximum absolute atomic E-state index is 12.2. The standard InChI is InChI=1S/C20H25ClN2O2/c1-23(2)19(16-8-6-9-17(13-16)25-3)14-22-20(24)12-11-15-7-4-5-10-18(15)21/h4-10,13,19H,11-12,14H2,1-3H3,(H,22,24). The van der Waals surface area contributed by atoms with Crippen LogP contribution in [0.25, 0.3) is 0 Å². The minimum atomic E-state index is 0.0228. The van der Waals surface area contributed by atoms with Crippen LogP contribution < -0.4 is 10.1 Å². The fourth-order valence-corrected chi connectivity index (χ4v) is 2.93. The molecule has 0 fully saturated rings. The first-order valence-electron chi connectivity index (χ1n) is 8.31. The molecule has 25 heavy (non-hydrogen) atoms. The van der Waals surface area contributed by atoms with Crippen molar-refractivity contribution >= 4 is 17.5 Å². The molecular weight excluding hydrogens is 336 g/mol. The Morgan fingerprint density at radius 3 is 2.64 bits per heavy atom. The number of ether oxygens (including phenoxy) is 1. The van der Waals surface area contributed by atoms with E-state index in [9.17, 15) is 4.79 Å². The van der Waals surface area contributed by atoms with Gasteiger partial charge in [-0.1, -0.05) is 41.9 Å². The van der Waals surface area contributed by atoms with Crippen LogP contribution in [0.1, 0.15) is 23.6 Å². The third-order valence-corrected chi connectivity index (χ3v) is 4.54. The molecule has 1 unspecified atom stereocenters. The predicted octanol–water partition coefficient (Wildman–Crippen LogP) is 3.70. The summed E-state index contributed by atoms with van der Waals surface area (Å²) in [5.74, 6) is 0.837. The number of carbonyl (C=O) groups is 1. The molecule has 1 atom stereocenters. The van der Waals surface area contributed by atoms with Crippen molar-refractivity contribution in [1.82, 2.24) is 10.2 Å². The highest BCUT2D eigenvalue weighted by Crippen LogP contribution is 2.22. The summed E-state index contributed by atoms with van der Waals surface area (Å²) in [7, 11) is 5.65. The van der Waals surface area contributed by atoms with E-state index in [1.165, 1.54) is 0 Å². The van der Waals surface area contributed by atoms with E-state index in [1.54, 1.807) is 7.11 Å². The van der Waals surface area contributed by atoms with Crippen molar-refractivity contribution in [3.8, 4) is 5.75 Å². The Bertz CT molecular complexity index is 704. The van der Waals surface area contributed by atoms with Crippen molar-refractivity contribution in [2.24, 2.45) is 0 Å². The monoisotopic (exact) mass is 360 g/mol. The Morgan fingerprint density at radius 1 is 1.20 bits per heavy atom. The van der Waals surface area contributed by atoms with Crippen LogP contribution in [0.3, 0.4) is 0 Å². The third-order valence-electron chi connectivity index (χ3n) is 4.17. The molecule has 1 amide bonds. The molecule has 2 rings (SSSR count). The van der Waals surface area contributed by atoms with Crippen LogP contribution in [0, 0.1) is 0 Å². The molecule has 2 aromatic carbocycles. The van der Waals surface area contributed by atoms with Gasteiger partial charge in [-0.05, 0) is 49.8 Å². The number of aryl methyl sites for hydroxylation is 1. The molecule has 0 saturated heterocycles. The number of hydrogen-bond donors (Lipinski definition) is 1. The van der Waals surface area contributed by atoms with Gasteiger partial charge in [0.05, 0.1) is 13.2 Å².